The van der Waals surface area contributed by atoms with Gasteiger partial charge in [-0.2, -0.15) is 10.2 Å². The molecule has 3 rings (SSSR count). The quantitative estimate of drug-likeness (QED) is 0.0670. The molecule has 4 heteroatoms. The summed E-state index contributed by atoms with van der Waals surface area (Å²) in [5, 5.41) is 9.03. The van der Waals surface area contributed by atoms with Crippen LogP contribution in [0.1, 0.15) is 165 Å². The van der Waals surface area contributed by atoms with Crippen molar-refractivity contribution in [1.29, 1.82) is 0 Å². The van der Waals surface area contributed by atoms with Crippen molar-refractivity contribution < 1.29 is 9.47 Å². The Hall–Kier alpha value is -2.88. The molecular weight excluding hydrogens is 588 g/mol. The first-order valence-electron chi connectivity index (χ1n) is 20.0. The van der Waals surface area contributed by atoms with Crippen molar-refractivity contribution in [2.75, 3.05) is 13.2 Å². The lowest BCUT2D eigenvalue weighted by atomic mass is 10.1. The van der Waals surface area contributed by atoms with E-state index in [0.29, 0.717) is 0 Å². The van der Waals surface area contributed by atoms with Gasteiger partial charge < -0.3 is 9.47 Å². The molecule has 0 aliphatic carbocycles. The first-order chi connectivity index (χ1) is 23.8. The molecule has 0 spiro atoms. The Bertz CT molecular complexity index is 1050. The number of unbranched alkanes of at least 4 members (excludes halogenated alkanes) is 18. The molecule has 4 nitrogen and oxygen atoms in total. The molecule has 0 atom stereocenters. The lowest BCUT2D eigenvalue weighted by molar-refractivity contribution is 0.304. The zero-order valence-corrected chi connectivity index (χ0v) is 30.9. The standard InChI is InChI=1S/C44H68N2O2/c1-3-5-7-9-11-13-15-17-19-21-37-47-43-33-25-39(26-34-43)23-29-41-31-32-42(46-45-41)30-24-40-27-35-44(36-28-40)48-38-22-20-18-16-14-12-10-8-6-4-2/h25-28,31-36H,3-24,29-30,37-38H2,1-2H3. The van der Waals surface area contributed by atoms with E-state index in [1.54, 1.807) is 0 Å². The van der Waals surface area contributed by atoms with Crippen molar-refractivity contribution >= 4 is 0 Å². The number of aromatic nitrogens is 2. The summed E-state index contributed by atoms with van der Waals surface area (Å²) in [4.78, 5) is 0. The highest BCUT2D eigenvalue weighted by molar-refractivity contribution is 5.29. The molecule has 0 saturated heterocycles. The predicted molar refractivity (Wildman–Crippen MR) is 204 cm³/mol. The maximum Gasteiger partial charge on any atom is 0.119 e. The number of hydrogen-bond donors (Lipinski definition) is 0. The molecule has 0 N–H and O–H groups in total. The lowest BCUT2D eigenvalue weighted by Gasteiger charge is -2.08. The lowest BCUT2D eigenvalue weighted by Crippen LogP contribution is -2.01. The Morgan fingerprint density at radius 1 is 0.354 bits per heavy atom. The third-order valence-corrected chi connectivity index (χ3v) is 9.49. The summed E-state index contributed by atoms with van der Waals surface area (Å²) in [6, 6.07) is 21.4. The zero-order chi connectivity index (χ0) is 33.7. The third kappa shape index (κ3) is 19.2. The molecule has 0 amide bonds. The van der Waals surface area contributed by atoms with Crippen LogP contribution in [0.25, 0.3) is 0 Å². The Balaban J connectivity index is 1.20. The van der Waals surface area contributed by atoms with Crippen LogP contribution in [0.2, 0.25) is 0 Å². The van der Waals surface area contributed by atoms with Crippen LogP contribution in [-0.4, -0.2) is 23.4 Å². The number of rotatable bonds is 30. The van der Waals surface area contributed by atoms with E-state index in [0.717, 1.165) is 74.6 Å². The van der Waals surface area contributed by atoms with Gasteiger partial charge in [-0.05, 0) is 86.1 Å². The van der Waals surface area contributed by atoms with Crippen LogP contribution < -0.4 is 9.47 Å². The van der Waals surface area contributed by atoms with Gasteiger partial charge in [0.2, 0.25) is 0 Å². The van der Waals surface area contributed by atoms with E-state index in [-0.39, 0.29) is 0 Å². The van der Waals surface area contributed by atoms with Crippen molar-refractivity contribution in [2.24, 2.45) is 0 Å². The molecule has 0 unspecified atom stereocenters. The molecule has 266 valence electrons. The molecule has 1 heterocycles. The van der Waals surface area contributed by atoms with Crippen LogP contribution >= 0.6 is 0 Å². The second kappa shape index (κ2) is 27.0. The van der Waals surface area contributed by atoms with Crippen LogP contribution in [0.4, 0.5) is 0 Å². The average molecular weight is 657 g/mol. The molecule has 0 saturated carbocycles. The number of ether oxygens (including phenoxy) is 2. The Morgan fingerprint density at radius 3 is 0.979 bits per heavy atom. The number of nitrogens with zero attached hydrogens (tertiary/aromatic N) is 2. The molecule has 0 fully saturated rings. The minimum Gasteiger partial charge on any atom is -0.494 e. The minimum atomic E-state index is 0.816. The van der Waals surface area contributed by atoms with E-state index in [1.165, 1.54) is 127 Å². The normalized spacial score (nSPS) is 11.2. The van der Waals surface area contributed by atoms with E-state index in [2.05, 4.69) is 84.7 Å². The maximum absolute atomic E-state index is 5.98. The Morgan fingerprint density at radius 2 is 0.667 bits per heavy atom. The zero-order valence-electron chi connectivity index (χ0n) is 30.9. The molecule has 0 aliphatic heterocycles. The van der Waals surface area contributed by atoms with Gasteiger partial charge in [-0.3, -0.25) is 0 Å². The monoisotopic (exact) mass is 657 g/mol. The van der Waals surface area contributed by atoms with Gasteiger partial charge in [0, 0.05) is 0 Å². The van der Waals surface area contributed by atoms with Gasteiger partial charge in [0.25, 0.3) is 0 Å². The maximum atomic E-state index is 5.98. The number of benzene rings is 2. The molecule has 0 aliphatic rings. The summed E-state index contributed by atoms with van der Waals surface area (Å²) < 4.78 is 12.0. The molecular formula is C44H68N2O2. The second-order valence-electron chi connectivity index (χ2n) is 13.9. The van der Waals surface area contributed by atoms with Crippen molar-refractivity contribution in [3.63, 3.8) is 0 Å². The minimum absolute atomic E-state index is 0.816. The third-order valence-electron chi connectivity index (χ3n) is 9.49. The van der Waals surface area contributed by atoms with E-state index in [1.807, 2.05) is 0 Å². The molecule has 0 radical (unpaired) electrons. The summed E-state index contributed by atoms with van der Waals surface area (Å²) in [5.41, 5.74) is 4.71. The van der Waals surface area contributed by atoms with Crippen LogP contribution in [0.5, 0.6) is 11.5 Å². The summed E-state index contributed by atoms with van der Waals surface area (Å²) in [6.07, 6.45) is 30.7. The van der Waals surface area contributed by atoms with Crippen molar-refractivity contribution in [2.45, 2.75) is 168 Å². The van der Waals surface area contributed by atoms with Crippen LogP contribution in [0.3, 0.4) is 0 Å². The average Bonchev–Trinajstić information content (AvgIpc) is 3.12. The van der Waals surface area contributed by atoms with Gasteiger partial charge in [0.05, 0.1) is 24.6 Å². The van der Waals surface area contributed by atoms with E-state index < -0.39 is 0 Å². The smallest absolute Gasteiger partial charge is 0.119 e. The molecule has 1 aromatic heterocycles. The van der Waals surface area contributed by atoms with Gasteiger partial charge in [0.1, 0.15) is 11.5 Å². The number of aryl methyl sites for hydroxylation is 4. The molecule has 3 aromatic rings. The van der Waals surface area contributed by atoms with Crippen LogP contribution in [-0.2, 0) is 25.7 Å². The van der Waals surface area contributed by atoms with Gasteiger partial charge in [-0.25, -0.2) is 0 Å². The largest absolute Gasteiger partial charge is 0.494 e. The molecule has 2 aromatic carbocycles. The Kier molecular flexibility index (Phi) is 22.3. The summed E-state index contributed by atoms with van der Waals surface area (Å²) in [5.74, 6) is 1.95. The van der Waals surface area contributed by atoms with Gasteiger partial charge in [-0.15, -0.1) is 0 Å². The van der Waals surface area contributed by atoms with Crippen molar-refractivity contribution in [3.8, 4) is 11.5 Å². The fourth-order valence-corrected chi connectivity index (χ4v) is 6.26. The van der Waals surface area contributed by atoms with E-state index in [9.17, 15) is 0 Å². The fourth-order valence-electron chi connectivity index (χ4n) is 6.26. The van der Waals surface area contributed by atoms with Gasteiger partial charge in [-0.1, -0.05) is 154 Å². The Labute approximate surface area is 294 Å². The highest BCUT2D eigenvalue weighted by Crippen LogP contribution is 2.17. The van der Waals surface area contributed by atoms with Crippen molar-refractivity contribution in [1.82, 2.24) is 10.2 Å². The second-order valence-corrected chi connectivity index (χ2v) is 13.9. The highest BCUT2D eigenvalue weighted by atomic mass is 16.5. The fraction of sp³-hybridized carbons (Fsp3) is 0.636. The van der Waals surface area contributed by atoms with Crippen LogP contribution in [0.15, 0.2) is 60.7 Å². The van der Waals surface area contributed by atoms with Gasteiger partial charge >= 0.3 is 0 Å². The first kappa shape index (κ1) is 39.6. The van der Waals surface area contributed by atoms with Gasteiger partial charge in [0.15, 0.2) is 0 Å². The molecule has 48 heavy (non-hydrogen) atoms. The summed E-state index contributed by atoms with van der Waals surface area (Å²) in [7, 11) is 0. The highest BCUT2D eigenvalue weighted by Gasteiger charge is 2.04. The molecule has 0 bridgehead atoms. The first-order valence-corrected chi connectivity index (χ1v) is 20.0. The SMILES string of the molecule is CCCCCCCCCCCCOc1ccc(CCc2ccc(CCc3ccc(OCCCCCCCCCCCC)cc3)nn2)cc1. The summed E-state index contributed by atoms with van der Waals surface area (Å²) in [6.45, 7) is 6.20. The topological polar surface area (TPSA) is 44.2 Å². The number of hydrogen-bond acceptors (Lipinski definition) is 4. The van der Waals surface area contributed by atoms with E-state index >= 15 is 0 Å². The van der Waals surface area contributed by atoms with Crippen LogP contribution in [0, 0.1) is 0 Å². The summed E-state index contributed by atoms with van der Waals surface area (Å²) >= 11 is 0. The predicted octanol–water partition coefficient (Wildman–Crippen LogP) is 12.6. The van der Waals surface area contributed by atoms with E-state index in [4.69, 9.17) is 9.47 Å². The van der Waals surface area contributed by atoms with Crippen molar-refractivity contribution in [3.05, 3.63) is 83.2 Å².